The van der Waals surface area contributed by atoms with Crippen LogP contribution in [0, 0.1) is 5.92 Å². The van der Waals surface area contributed by atoms with Gasteiger partial charge in [0.25, 0.3) is 5.91 Å². The van der Waals surface area contributed by atoms with Gasteiger partial charge in [-0.1, -0.05) is 32.3 Å². The van der Waals surface area contributed by atoms with Gasteiger partial charge in [-0.3, -0.25) is 4.79 Å². The smallest absolute Gasteiger partial charge is 0.251 e. The van der Waals surface area contributed by atoms with E-state index in [1.165, 1.54) is 32.1 Å². The Morgan fingerprint density at radius 3 is 2.84 bits per heavy atom. The zero-order chi connectivity index (χ0) is 13.7. The Bertz CT molecular complexity index is 427. The first kappa shape index (κ1) is 13.9. The summed E-state index contributed by atoms with van der Waals surface area (Å²) >= 11 is 0. The normalized spacial score (nSPS) is 16.7. The SMILES string of the molecule is CCCCC(NC(=O)c1cccc(N)c1)C1CCC1. The molecule has 0 aromatic heterocycles. The van der Waals surface area contributed by atoms with E-state index in [2.05, 4.69) is 12.2 Å². The molecule has 0 bridgehead atoms. The molecule has 1 unspecified atom stereocenters. The molecular weight excluding hydrogens is 236 g/mol. The third-order valence-electron chi connectivity index (χ3n) is 4.05. The fraction of sp³-hybridized carbons (Fsp3) is 0.562. The molecule has 0 heterocycles. The van der Waals surface area contributed by atoms with Crippen molar-refractivity contribution < 1.29 is 4.79 Å². The van der Waals surface area contributed by atoms with E-state index < -0.39 is 0 Å². The van der Waals surface area contributed by atoms with Gasteiger partial charge in [0.05, 0.1) is 0 Å². The second kappa shape index (κ2) is 6.60. The van der Waals surface area contributed by atoms with E-state index in [9.17, 15) is 4.79 Å². The van der Waals surface area contributed by atoms with Crippen LogP contribution in [0.4, 0.5) is 5.69 Å². The summed E-state index contributed by atoms with van der Waals surface area (Å²) in [5, 5.41) is 3.20. The number of nitrogen functional groups attached to an aromatic ring is 1. The van der Waals surface area contributed by atoms with E-state index in [0.29, 0.717) is 23.2 Å². The van der Waals surface area contributed by atoms with Crippen LogP contribution in [0.15, 0.2) is 24.3 Å². The van der Waals surface area contributed by atoms with Crippen LogP contribution in [0.5, 0.6) is 0 Å². The second-order valence-electron chi connectivity index (χ2n) is 5.54. The highest BCUT2D eigenvalue weighted by Crippen LogP contribution is 2.31. The zero-order valence-electron chi connectivity index (χ0n) is 11.7. The molecular formula is C16H24N2O. The van der Waals surface area contributed by atoms with Crippen LogP contribution < -0.4 is 11.1 Å². The topological polar surface area (TPSA) is 55.1 Å². The molecule has 1 amide bonds. The Morgan fingerprint density at radius 2 is 2.26 bits per heavy atom. The summed E-state index contributed by atoms with van der Waals surface area (Å²) < 4.78 is 0. The Hall–Kier alpha value is -1.51. The largest absolute Gasteiger partial charge is 0.399 e. The highest BCUT2D eigenvalue weighted by Gasteiger charge is 2.28. The van der Waals surface area contributed by atoms with Gasteiger partial charge in [-0.15, -0.1) is 0 Å². The maximum absolute atomic E-state index is 12.2. The molecule has 3 heteroatoms. The molecule has 19 heavy (non-hydrogen) atoms. The number of unbranched alkanes of at least 4 members (excludes halogenated alkanes) is 1. The number of hydrogen-bond donors (Lipinski definition) is 2. The van der Waals surface area contributed by atoms with Gasteiger partial charge in [0.15, 0.2) is 0 Å². The van der Waals surface area contributed by atoms with Crippen LogP contribution in [0.1, 0.15) is 55.8 Å². The molecule has 1 aromatic rings. The van der Waals surface area contributed by atoms with E-state index in [1.54, 1.807) is 12.1 Å². The first-order chi connectivity index (χ1) is 9.20. The maximum atomic E-state index is 12.2. The van der Waals surface area contributed by atoms with Crippen molar-refractivity contribution in [1.82, 2.24) is 5.32 Å². The van der Waals surface area contributed by atoms with Gasteiger partial charge in [0, 0.05) is 17.3 Å². The lowest BCUT2D eigenvalue weighted by molar-refractivity contribution is 0.0895. The van der Waals surface area contributed by atoms with Gasteiger partial charge >= 0.3 is 0 Å². The first-order valence-electron chi connectivity index (χ1n) is 7.37. The Labute approximate surface area is 115 Å². The average Bonchev–Trinajstić information content (AvgIpc) is 2.33. The van der Waals surface area contributed by atoms with E-state index in [-0.39, 0.29) is 5.91 Å². The number of carbonyl (C=O) groups excluding carboxylic acids is 1. The van der Waals surface area contributed by atoms with Crippen LogP contribution in [-0.2, 0) is 0 Å². The average molecular weight is 260 g/mol. The summed E-state index contributed by atoms with van der Waals surface area (Å²) in [6, 6.07) is 7.53. The van der Waals surface area contributed by atoms with Crippen molar-refractivity contribution in [3.05, 3.63) is 29.8 Å². The lowest BCUT2D eigenvalue weighted by atomic mass is 9.78. The van der Waals surface area contributed by atoms with Crippen molar-refractivity contribution in [1.29, 1.82) is 0 Å². The summed E-state index contributed by atoms with van der Waals surface area (Å²) in [4.78, 5) is 12.2. The van der Waals surface area contributed by atoms with Crippen molar-refractivity contribution in [2.45, 2.75) is 51.5 Å². The summed E-state index contributed by atoms with van der Waals surface area (Å²) in [6.07, 6.45) is 7.27. The molecule has 2 rings (SSSR count). The van der Waals surface area contributed by atoms with Crippen LogP contribution in [0.25, 0.3) is 0 Å². The molecule has 3 N–H and O–H groups in total. The molecule has 0 radical (unpaired) electrons. The molecule has 3 nitrogen and oxygen atoms in total. The van der Waals surface area contributed by atoms with Crippen LogP contribution in [-0.4, -0.2) is 11.9 Å². The summed E-state index contributed by atoms with van der Waals surface area (Å²) in [6.45, 7) is 2.19. The molecule has 1 fully saturated rings. The maximum Gasteiger partial charge on any atom is 0.251 e. The molecule has 0 aliphatic heterocycles. The minimum atomic E-state index is 0.0142. The standard InChI is InChI=1S/C16H24N2O/c1-2-3-10-15(12-6-4-7-12)18-16(19)13-8-5-9-14(17)11-13/h5,8-9,11-12,15H,2-4,6-7,10,17H2,1H3,(H,18,19). The first-order valence-corrected chi connectivity index (χ1v) is 7.37. The highest BCUT2D eigenvalue weighted by atomic mass is 16.1. The van der Waals surface area contributed by atoms with Crippen molar-refractivity contribution in [2.75, 3.05) is 5.73 Å². The third kappa shape index (κ3) is 3.72. The van der Waals surface area contributed by atoms with E-state index in [1.807, 2.05) is 12.1 Å². The lowest BCUT2D eigenvalue weighted by Gasteiger charge is -2.34. The molecule has 0 saturated heterocycles. The predicted octanol–water partition coefficient (Wildman–Crippen LogP) is 3.36. The minimum absolute atomic E-state index is 0.0142. The molecule has 1 atom stereocenters. The lowest BCUT2D eigenvalue weighted by Crippen LogP contribution is -2.42. The van der Waals surface area contributed by atoms with E-state index in [0.717, 1.165) is 6.42 Å². The number of nitrogens with two attached hydrogens (primary N) is 1. The summed E-state index contributed by atoms with van der Waals surface area (Å²) in [5.74, 6) is 0.692. The Balaban J connectivity index is 1.97. The van der Waals surface area contributed by atoms with Gasteiger partial charge < -0.3 is 11.1 Å². The summed E-state index contributed by atoms with van der Waals surface area (Å²) in [7, 11) is 0. The van der Waals surface area contributed by atoms with Crippen molar-refractivity contribution in [3.8, 4) is 0 Å². The van der Waals surface area contributed by atoms with Crippen molar-refractivity contribution in [3.63, 3.8) is 0 Å². The molecule has 1 saturated carbocycles. The van der Waals surface area contributed by atoms with E-state index in [4.69, 9.17) is 5.73 Å². The number of rotatable bonds is 6. The fourth-order valence-electron chi connectivity index (χ4n) is 2.62. The number of anilines is 1. The number of benzene rings is 1. The fourth-order valence-corrected chi connectivity index (χ4v) is 2.62. The highest BCUT2D eigenvalue weighted by molar-refractivity contribution is 5.95. The van der Waals surface area contributed by atoms with Gasteiger partial charge in [-0.2, -0.15) is 0 Å². The van der Waals surface area contributed by atoms with Gasteiger partial charge in [-0.25, -0.2) is 0 Å². The zero-order valence-corrected chi connectivity index (χ0v) is 11.7. The van der Waals surface area contributed by atoms with Crippen molar-refractivity contribution in [2.24, 2.45) is 5.92 Å². The van der Waals surface area contributed by atoms with Crippen LogP contribution in [0.3, 0.4) is 0 Å². The Kier molecular flexibility index (Phi) is 4.83. The quantitative estimate of drug-likeness (QED) is 0.771. The van der Waals surface area contributed by atoms with Crippen LogP contribution in [0.2, 0.25) is 0 Å². The van der Waals surface area contributed by atoms with Crippen molar-refractivity contribution >= 4 is 11.6 Å². The summed E-state index contributed by atoms with van der Waals surface area (Å²) in [5.41, 5.74) is 7.03. The molecule has 1 aliphatic rings. The van der Waals surface area contributed by atoms with E-state index >= 15 is 0 Å². The number of nitrogens with one attached hydrogen (secondary N) is 1. The monoisotopic (exact) mass is 260 g/mol. The van der Waals surface area contributed by atoms with Gasteiger partial charge in [0.1, 0.15) is 0 Å². The molecule has 104 valence electrons. The second-order valence-corrected chi connectivity index (χ2v) is 5.54. The predicted molar refractivity (Wildman–Crippen MR) is 79.0 cm³/mol. The molecule has 1 aromatic carbocycles. The Morgan fingerprint density at radius 1 is 1.47 bits per heavy atom. The third-order valence-corrected chi connectivity index (χ3v) is 4.05. The number of carbonyl (C=O) groups is 1. The van der Waals surface area contributed by atoms with Gasteiger partial charge in [-0.05, 0) is 43.4 Å². The minimum Gasteiger partial charge on any atom is -0.399 e. The molecule has 1 aliphatic carbocycles. The number of hydrogen-bond acceptors (Lipinski definition) is 2. The molecule has 0 spiro atoms. The van der Waals surface area contributed by atoms with Gasteiger partial charge in [0.2, 0.25) is 0 Å². The van der Waals surface area contributed by atoms with Crippen LogP contribution >= 0.6 is 0 Å². The number of amides is 1.